The molecule has 0 amide bonds. The minimum atomic E-state index is 0.0188. The summed E-state index contributed by atoms with van der Waals surface area (Å²) >= 11 is 0. The van der Waals surface area contributed by atoms with Crippen LogP contribution in [-0.4, -0.2) is 5.97 Å². The molecule has 0 bridgehead atoms. The van der Waals surface area contributed by atoms with Crippen molar-refractivity contribution >= 4 is 5.97 Å². The summed E-state index contributed by atoms with van der Waals surface area (Å²) in [7, 11) is 0. The Bertz CT molecular complexity index is 509. The van der Waals surface area contributed by atoms with Crippen LogP contribution in [0.1, 0.15) is 194 Å². The lowest BCUT2D eigenvalue weighted by Gasteiger charge is -2.28. The van der Waals surface area contributed by atoms with Crippen LogP contribution in [0, 0.1) is 5.92 Å². The average molecular weight is 505 g/mol. The van der Waals surface area contributed by atoms with E-state index in [1.807, 2.05) is 0 Å². The lowest BCUT2D eigenvalue weighted by molar-refractivity contribution is -0.157. The van der Waals surface area contributed by atoms with E-state index in [0.717, 1.165) is 18.6 Å². The van der Waals surface area contributed by atoms with E-state index in [9.17, 15) is 4.79 Å². The van der Waals surface area contributed by atoms with E-state index in [0.29, 0.717) is 0 Å². The lowest BCUT2D eigenvalue weighted by atomic mass is 9.93. The quantitative estimate of drug-likeness (QED) is 0.0782. The number of hydrogen-bond acceptors (Lipinski definition) is 2. The highest BCUT2D eigenvalue weighted by Gasteiger charge is 2.36. The number of allylic oxidation sites excluding steroid dienone is 1. The molecule has 1 fully saturated rings. The van der Waals surface area contributed by atoms with Crippen molar-refractivity contribution in [3.05, 3.63) is 11.8 Å². The molecular weight excluding hydrogens is 440 g/mol. The van der Waals surface area contributed by atoms with E-state index < -0.39 is 0 Å². The van der Waals surface area contributed by atoms with Gasteiger partial charge in [0.15, 0.2) is 0 Å². The van der Waals surface area contributed by atoms with Gasteiger partial charge in [-0.1, -0.05) is 174 Å². The Labute approximate surface area is 226 Å². The van der Waals surface area contributed by atoms with Crippen molar-refractivity contribution in [2.45, 2.75) is 194 Å². The number of carbonyl (C=O) groups is 1. The second-order valence-corrected chi connectivity index (χ2v) is 11.6. The van der Waals surface area contributed by atoms with Gasteiger partial charge in [0.05, 0.1) is 0 Å². The highest BCUT2D eigenvalue weighted by molar-refractivity contribution is 5.82. The fourth-order valence-corrected chi connectivity index (χ4v) is 5.53. The Balaban J connectivity index is 1.86. The molecule has 1 heterocycles. The van der Waals surface area contributed by atoms with E-state index in [1.54, 1.807) is 0 Å². The first kappa shape index (κ1) is 33.2. The smallest absolute Gasteiger partial charge is 0.321 e. The Morgan fingerprint density at radius 2 is 0.833 bits per heavy atom. The van der Waals surface area contributed by atoms with E-state index in [4.69, 9.17) is 4.74 Å². The van der Waals surface area contributed by atoms with Gasteiger partial charge in [-0.15, -0.1) is 0 Å². The maximum Gasteiger partial charge on any atom is 0.321 e. The topological polar surface area (TPSA) is 26.3 Å². The maximum absolute atomic E-state index is 11.9. The molecule has 1 unspecified atom stereocenters. The fourth-order valence-electron chi connectivity index (χ4n) is 5.53. The van der Waals surface area contributed by atoms with Crippen LogP contribution < -0.4 is 0 Å². The Hall–Kier alpha value is -0.790. The van der Waals surface area contributed by atoms with Gasteiger partial charge in [0.1, 0.15) is 11.7 Å². The third kappa shape index (κ3) is 19.3. The molecule has 212 valence electrons. The van der Waals surface area contributed by atoms with Gasteiger partial charge in [0, 0.05) is 0 Å². The van der Waals surface area contributed by atoms with Crippen LogP contribution in [0.5, 0.6) is 0 Å². The zero-order valence-electron chi connectivity index (χ0n) is 24.8. The summed E-state index contributed by atoms with van der Waals surface area (Å²) in [6, 6.07) is 0. The van der Waals surface area contributed by atoms with E-state index in [-0.39, 0.29) is 11.9 Å². The van der Waals surface area contributed by atoms with Gasteiger partial charge in [-0.3, -0.25) is 4.79 Å². The summed E-state index contributed by atoms with van der Waals surface area (Å²) in [5.41, 5.74) is 0. The molecule has 1 rings (SSSR count). The molecule has 0 aromatic rings. The number of hydrogen-bond donors (Lipinski definition) is 0. The second kappa shape index (κ2) is 25.8. The highest BCUT2D eigenvalue weighted by Crippen LogP contribution is 2.32. The summed E-state index contributed by atoms with van der Waals surface area (Å²) in [5.74, 6) is 1.09. The molecule has 0 spiro atoms. The third-order valence-electron chi connectivity index (χ3n) is 8.10. The van der Waals surface area contributed by atoms with Crippen LogP contribution in [0.15, 0.2) is 11.8 Å². The maximum atomic E-state index is 11.9. The minimum Gasteiger partial charge on any atom is -0.430 e. The molecule has 0 aliphatic carbocycles. The van der Waals surface area contributed by atoms with Crippen molar-refractivity contribution in [2.24, 2.45) is 5.92 Å². The van der Waals surface area contributed by atoms with Crippen molar-refractivity contribution in [3.8, 4) is 0 Å². The van der Waals surface area contributed by atoms with E-state index in [1.165, 1.54) is 167 Å². The first-order chi connectivity index (χ1) is 17.8. The summed E-state index contributed by atoms with van der Waals surface area (Å²) < 4.78 is 5.35. The molecule has 2 heteroatoms. The zero-order chi connectivity index (χ0) is 25.9. The largest absolute Gasteiger partial charge is 0.430 e. The van der Waals surface area contributed by atoms with Crippen molar-refractivity contribution in [1.82, 2.24) is 0 Å². The summed E-state index contributed by atoms with van der Waals surface area (Å²) in [6.07, 6.45) is 40.3. The number of rotatable bonds is 28. The fraction of sp³-hybridized carbons (Fsp3) is 0.912. The molecule has 0 saturated carbocycles. The molecule has 2 nitrogen and oxygen atoms in total. The molecule has 0 aromatic carbocycles. The van der Waals surface area contributed by atoms with Crippen molar-refractivity contribution in [2.75, 3.05) is 0 Å². The predicted octanol–water partition coefficient (Wildman–Crippen LogP) is 12.0. The number of esters is 1. The SMILES string of the molecule is CCCCCCCCCCCCCCCC/C=C1\OC(=O)C1CCCCCCCCCCCCCC. The van der Waals surface area contributed by atoms with Crippen LogP contribution in [0.4, 0.5) is 0 Å². The van der Waals surface area contributed by atoms with Crippen LogP contribution in [0.25, 0.3) is 0 Å². The van der Waals surface area contributed by atoms with E-state index >= 15 is 0 Å². The molecule has 1 saturated heterocycles. The van der Waals surface area contributed by atoms with Crippen LogP contribution in [0.2, 0.25) is 0 Å². The van der Waals surface area contributed by atoms with Gasteiger partial charge >= 0.3 is 5.97 Å². The average Bonchev–Trinajstić information content (AvgIpc) is 2.88. The summed E-state index contributed by atoms with van der Waals surface area (Å²) in [6.45, 7) is 4.57. The molecule has 0 radical (unpaired) electrons. The van der Waals surface area contributed by atoms with Gasteiger partial charge in [-0.25, -0.2) is 0 Å². The molecule has 36 heavy (non-hydrogen) atoms. The molecule has 0 N–H and O–H groups in total. The third-order valence-corrected chi connectivity index (χ3v) is 8.10. The van der Waals surface area contributed by atoms with Crippen LogP contribution >= 0.6 is 0 Å². The number of carbonyl (C=O) groups excluding carboxylic acids is 1. The van der Waals surface area contributed by atoms with E-state index in [2.05, 4.69) is 19.9 Å². The molecule has 1 aliphatic heterocycles. The normalized spacial score (nSPS) is 16.4. The number of ether oxygens (including phenoxy) is 1. The first-order valence-electron chi connectivity index (χ1n) is 16.7. The number of cyclic esters (lactones) is 1. The van der Waals surface area contributed by atoms with Gasteiger partial charge in [0.2, 0.25) is 0 Å². The Morgan fingerprint density at radius 1 is 0.500 bits per heavy atom. The summed E-state index contributed by atoms with van der Waals surface area (Å²) in [5, 5.41) is 0. The molecular formula is C34H64O2. The van der Waals surface area contributed by atoms with Gasteiger partial charge < -0.3 is 4.74 Å². The number of unbranched alkanes of at least 4 members (excludes halogenated alkanes) is 25. The zero-order valence-corrected chi connectivity index (χ0v) is 24.8. The molecule has 0 aromatic heterocycles. The Morgan fingerprint density at radius 3 is 1.19 bits per heavy atom. The summed E-state index contributed by atoms with van der Waals surface area (Å²) in [4.78, 5) is 11.9. The van der Waals surface area contributed by atoms with Crippen molar-refractivity contribution in [1.29, 1.82) is 0 Å². The predicted molar refractivity (Wildman–Crippen MR) is 158 cm³/mol. The Kier molecular flexibility index (Phi) is 23.9. The van der Waals surface area contributed by atoms with Gasteiger partial charge in [-0.05, 0) is 25.3 Å². The lowest BCUT2D eigenvalue weighted by Crippen LogP contribution is -2.32. The van der Waals surface area contributed by atoms with Crippen LogP contribution in [0.3, 0.4) is 0 Å². The first-order valence-corrected chi connectivity index (χ1v) is 16.7. The minimum absolute atomic E-state index is 0.0188. The van der Waals surface area contributed by atoms with Crippen molar-refractivity contribution in [3.63, 3.8) is 0 Å². The van der Waals surface area contributed by atoms with Crippen molar-refractivity contribution < 1.29 is 9.53 Å². The highest BCUT2D eigenvalue weighted by atomic mass is 16.6. The molecule has 1 aliphatic rings. The van der Waals surface area contributed by atoms with Gasteiger partial charge in [0.25, 0.3) is 0 Å². The molecule has 1 atom stereocenters. The van der Waals surface area contributed by atoms with Gasteiger partial charge in [-0.2, -0.15) is 0 Å². The second-order valence-electron chi connectivity index (χ2n) is 11.6. The van der Waals surface area contributed by atoms with Crippen LogP contribution in [-0.2, 0) is 9.53 Å². The standard InChI is InChI=1S/C34H64O2/c1-3-5-7-9-11-13-15-17-18-19-21-23-25-27-29-31-33-32(34(35)36-33)30-28-26-24-22-20-16-14-12-10-8-6-4-2/h31-32H,3-30H2,1-2H3/b33-31-. The monoisotopic (exact) mass is 504 g/mol.